The first-order chi connectivity index (χ1) is 7.22. The van der Waals surface area contributed by atoms with Crippen LogP contribution in [-0.2, 0) is 11.2 Å². The Morgan fingerprint density at radius 2 is 2.33 bits per heavy atom. The third-order valence-electron chi connectivity index (χ3n) is 2.12. The number of thiazole rings is 1. The van der Waals surface area contributed by atoms with Crippen LogP contribution in [0.5, 0.6) is 0 Å². The van der Waals surface area contributed by atoms with Crippen molar-refractivity contribution in [2.75, 3.05) is 32.2 Å². The smallest absolute Gasteiger partial charge is 0.186 e. The van der Waals surface area contributed by atoms with E-state index in [1.165, 1.54) is 11.3 Å². The maximum atomic E-state index is 10.8. The lowest BCUT2D eigenvalue weighted by molar-refractivity contribution is 0.112. The Morgan fingerprint density at radius 3 is 2.80 bits per heavy atom. The molecule has 0 saturated heterocycles. The predicted molar refractivity (Wildman–Crippen MR) is 62.0 cm³/mol. The standard InChI is InChI=1S/C10H16N2O2S/c1-4-8-9(7-13)15-10(11-8)12(2)5-6-14-3/h7H,4-6H2,1-3H3. The van der Waals surface area contributed by atoms with E-state index in [9.17, 15) is 4.79 Å². The average Bonchev–Trinajstić information content (AvgIpc) is 2.68. The highest BCUT2D eigenvalue weighted by atomic mass is 32.1. The maximum Gasteiger partial charge on any atom is 0.186 e. The SMILES string of the molecule is CCc1nc(N(C)CCOC)sc1C=O. The fourth-order valence-corrected chi connectivity index (χ4v) is 2.14. The summed E-state index contributed by atoms with van der Waals surface area (Å²) < 4.78 is 4.99. The Balaban J connectivity index is 2.76. The molecule has 0 bridgehead atoms. The van der Waals surface area contributed by atoms with Crippen molar-refractivity contribution in [3.63, 3.8) is 0 Å². The Morgan fingerprint density at radius 1 is 1.60 bits per heavy atom. The van der Waals surface area contributed by atoms with Gasteiger partial charge in [-0.1, -0.05) is 18.3 Å². The number of carbonyl (C=O) groups is 1. The van der Waals surface area contributed by atoms with E-state index in [2.05, 4.69) is 4.98 Å². The van der Waals surface area contributed by atoms with Crippen molar-refractivity contribution in [3.05, 3.63) is 10.6 Å². The Hall–Kier alpha value is -0.940. The van der Waals surface area contributed by atoms with Crippen LogP contribution in [-0.4, -0.2) is 38.6 Å². The molecule has 1 aromatic heterocycles. The highest BCUT2D eigenvalue weighted by Gasteiger charge is 2.11. The number of rotatable bonds is 6. The summed E-state index contributed by atoms with van der Waals surface area (Å²) in [6.45, 7) is 3.44. The molecular formula is C10H16N2O2S. The topological polar surface area (TPSA) is 42.4 Å². The van der Waals surface area contributed by atoms with Crippen LogP contribution in [0.2, 0.25) is 0 Å². The van der Waals surface area contributed by atoms with Crippen molar-refractivity contribution in [3.8, 4) is 0 Å². The lowest BCUT2D eigenvalue weighted by atomic mass is 10.3. The zero-order valence-corrected chi connectivity index (χ0v) is 10.1. The van der Waals surface area contributed by atoms with Crippen molar-refractivity contribution >= 4 is 22.8 Å². The fourth-order valence-electron chi connectivity index (χ4n) is 1.18. The molecule has 1 aromatic rings. The van der Waals surface area contributed by atoms with Crippen LogP contribution in [0, 0.1) is 0 Å². The van der Waals surface area contributed by atoms with Crippen LogP contribution in [0.25, 0.3) is 0 Å². The number of aromatic nitrogens is 1. The van der Waals surface area contributed by atoms with E-state index in [1.54, 1.807) is 7.11 Å². The first-order valence-electron chi connectivity index (χ1n) is 4.87. The van der Waals surface area contributed by atoms with Gasteiger partial charge in [0.2, 0.25) is 0 Å². The van der Waals surface area contributed by atoms with Gasteiger partial charge >= 0.3 is 0 Å². The number of hydrogen-bond acceptors (Lipinski definition) is 5. The van der Waals surface area contributed by atoms with Crippen LogP contribution >= 0.6 is 11.3 Å². The minimum Gasteiger partial charge on any atom is -0.383 e. The number of methoxy groups -OCH3 is 1. The molecule has 0 amide bonds. The van der Waals surface area contributed by atoms with Gasteiger partial charge in [0.15, 0.2) is 11.4 Å². The molecule has 4 nitrogen and oxygen atoms in total. The number of nitrogens with zero attached hydrogens (tertiary/aromatic N) is 2. The van der Waals surface area contributed by atoms with E-state index in [0.29, 0.717) is 6.61 Å². The van der Waals surface area contributed by atoms with Crippen molar-refractivity contribution < 1.29 is 9.53 Å². The summed E-state index contributed by atoms with van der Waals surface area (Å²) in [7, 11) is 3.62. The molecule has 0 fully saturated rings. The van der Waals surface area contributed by atoms with Crippen LogP contribution in [0.15, 0.2) is 0 Å². The lowest BCUT2D eigenvalue weighted by Crippen LogP contribution is -2.21. The molecule has 0 saturated carbocycles. The number of carbonyl (C=O) groups excluding carboxylic acids is 1. The zero-order valence-electron chi connectivity index (χ0n) is 9.32. The Kier molecular flexibility index (Phi) is 4.71. The second-order valence-electron chi connectivity index (χ2n) is 3.19. The fraction of sp³-hybridized carbons (Fsp3) is 0.600. The summed E-state index contributed by atoms with van der Waals surface area (Å²) in [5.74, 6) is 0. The summed E-state index contributed by atoms with van der Waals surface area (Å²) in [5, 5.41) is 0.881. The molecule has 0 aromatic carbocycles. The average molecular weight is 228 g/mol. The quantitative estimate of drug-likeness (QED) is 0.694. The van der Waals surface area contributed by atoms with Crippen LogP contribution < -0.4 is 4.90 Å². The van der Waals surface area contributed by atoms with Gasteiger partial charge in [0.1, 0.15) is 0 Å². The lowest BCUT2D eigenvalue weighted by Gasteiger charge is -2.14. The van der Waals surface area contributed by atoms with E-state index in [-0.39, 0.29) is 0 Å². The third-order valence-corrected chi connectivity index (χ3v) is 3.25. The van der Waals surface area contributed by atoms with E-state index >= 15 is 0 Å². The van der Waals surface area contributed by atoms with Crippen molar-refractivity contribution in [1.82, 2.24) is 4.98 Å². The number of aryl methyl sites for hydroxylation is 1. The van der Waals surface area contributed by atoms with E-state index in [0.717, 1.165) is 35.0 Å². The molecule has 0 aliphatic heterocycles. The molecule has 0 unspecified atom stereocenters. The van der Waals surface area contributed by atoms with Crippen LogP contribution in [0.3, 0.4) is 0 Å². The normalized spacial score (nSPS) is 10.3. The minimum absolute atomic E-state index is 0.661. The third kappa shape index (κ3) is 3.00. The second kappa shape index (κ2) is 5.82. The second-order valence-corrected chi connectivity index (χ2v) is 4.20. The van der Waals surface area contributed by atoms with Gasteiger partial charge in [-0.05, 0) is 6.42 Å². The largest absolute Gasteiger partial charge is 0.383 e. The minimum atomic E-state index is 0.661. The zero-order chi connectivity index (χ0) is 11.3. The van der Waals surface area contributed by atoms with Gasteiger partial charge in [0.05, 0.1) is 17.2 Å². The number of aldehydes is 1. The van der Waals surface area contributed by atoms with E-state index in [4.69, 9.17) is 4.74 Å². The molecule has 1 rings (SSSR count). The summed E-state index contributed by atoms with van der Waals surface area (Å²) in [5.41, 5.74) is 0.884. The van der Waals surface area contributed by atoms with Crippen LogP contribution in [0.1, 0.15) is 22.3 Å². The summed E-state index contributed by atoms with van der Waals surface area (Å²) >= 11 is 1.43. The summed E-state index contributed by atoms with van der Waals surface area (Å²) in [6.07, 6.45) is 1.67. The number of anilines is 1. The molecule has 5 heteroatoms. The van der Waals surface area contributed by atoms with Gasteiger partial charge in [-0.15, -0.1) is 0 Å². The Labute approximate surface area is 93.9 Å². The van der Waals surface area contributed by atoms with Crippen molar-refractivity contribution in [2.45, 2.75) is 13.3 Å². The molecular weight excluding hydrogens is 212 g/mol. The predicted octanol–water partition coefficient (Wildman–Crippen LogP) is 1.60. The van der Waals surface area contributed by atoms with Gasteiger partial charge in [-0.2, -0.15) is 0 Å². The summed E-state index contributed by atoms with van der Waals surface area (Å²) in [6, 6.07) is 0. The monoisotopic (exact) mass is 228 g/mol. The molecule has 1 heterocycles. The van der Waals surface area contributed by atoms with Gasteiger partial charge in [0, 0.05) is 20.7 Å². The van der Waals surface area contributed by atoms with E-state index in [1.807, 2.05) is 18.9 Å². The van der Waals surface area contributed by atoms with Gasteiger partial charge in [-0.3, -0.25) is 4.79 Å². The molecule has 0 aliphatic rings. The van der Waals surface area contributed by atoms with Gasteiger partial charge in [-0.25, -0.2) is 4.98 Å². The van der Waals surface area contributed by atoms with Crippen molar-refractivity contribution in [1.29, 1.82) is 0 Å². The number of likely N-dealkylation sites (N-methyl/N-ethyl adjacent to an activating group) is 1. The van der Waals surface area contributed by atoms with Gasteiger partial charge in [0.25, 0.3) is 0 Å². The molecule has 0 aliphatic carbocycles. The highest BCUT2D eigenvalue weighted by molar-refractivity contribution is 7.17. The molecule has 84 valence electrons. The summed E-state index contributed by atoms with van der Waals surface area (Å²) in [4.78, 5) is 17.9. The van der Waals surface area contributed by atoms with Crippen LogP contribution in [0.4, 0.5) is 5.13 Å². The van der Waals surface area contributed by atoms with Crippen molar-refractivity contribution in [2.24, 2.45) is 0 Å². The number of ether oxygens (including phenoxy) is 1. The first kappa shape index (κ1) is 12.1. The maximum absolute atomic E-state index is 10.8. The molecule has 15 heavy (non-hydrogen) atoms. The Bertz CT molecular complexity index is 325. The van der Waals surface area contributed by atoms with Gasteiger partial charge < -0.3 is 9.64 Å². The first-order valence-corrected chi connectivity index (χ1v) is 5.69. The molecule has 0 atom stereocenters. The molecule has 0 radical (unpaired) electrons. The highest BCUT2D eigenvalue weighted by Crippen LogP contribution is 2.24. The number of hydrogen-bond donors (Lipinski definition) is 0. The molecule has 0 N–H and O–H groups in total. The van der Waals surface area contributed by atoms with E-state index < -0.39 is 0 Å². The molecule has 0 spiro atoms.